The Morgan fingerprint density at radius 3 is 2.86 bits per heavy atom. The molecular weight excluding hydrogens is 316 g/mol. The molecule has 2 N–H and O–H groups in total. The molecule has 22 heavy (non-hydrogen) atoms. The monoisotopic (exact) mass is 338 g/mol. The number of aliphatic hydroxyl groups is 1. The largest absolute Gasteiger partial charge is 0.393 e. The number of thiazole rings is 1. The first-order chi connectivity index (χ1) is 10.4. The maximum Gasteiger partial charge on any atom is 0.226 e. The van der Waals surface area contributed by atoms with Gasteiger partial charge in [0, 0.05) is 11.9 Å². The van der Waals surface area contributed by atoms with E-state index in [0.717, 1.165) is 15.6 Å². The van der Waals surface area contributed by atoms with Crippen molar-refractivity contribution in [2.45, 2.75) is 39.7 Å². The third kappa shape index (κ3) is 5.19. The lowest BCUT2D eigenvalue weighted by Gasteiger charge is -2.26. The first kappa shape index (κ1) is 17.1. The van der Waals surface area contributed by atoms with Gasteiger partial charge in [0.15, 0.2) is 0 Å². The van der Waals surface area contributed by atoms with Crippen molar-refractivity contribution in [2.75, 3.05) is 6.54 Å². The molecule has 0 spiro atoms. The van der Waals surface area contributed by atoms with Gasteiger partial charge in [-0.3, -0.25) is 4.79 Å². The molecular formula is C16H22N2O2S2. The van der Waals surface area contributed by atoms with Crippen LogP contribution in [0.1, 0.15) is 32.9 Å². The molecule has 0 saturated heterocycles. The van der Waals surface area contributed by atoms with Crippen LogP contribution in [0.25, 0.3) is 9.88 Å². The number of rotatable bonds is 7. The van der Waals surface area contributed by atoms with Crippen LogP contribution in [-0.4, -0.2) is 28.6 Å². The Hall–Kier alpha value is -1.24. The third-order valence-corrected chi connectivity index (χ3v) is 5.17. The minimum atomic E-state index is -0.362. The molecule has 120 valence electrons. The summed E-state index contributed by atoms with van der Waals surface area (Å²) >= 11 is 3.22. The second-order valence-electron chi connectivity index (χ2n) is 6.29. The molecule has 0 saturated carbocycles. The Bertz CT molecular complexity index is 603. The molecule has 0 aromatic carbocycles. The Labute approximate surface area is 139 Å². The van der Waals surface area contributed by atoms with Crippen molar-refractivity contribution in [2.24, 2.45) is 5.41 Å². The lowest BCUT2D eigenvalue weighted by atomic mass is 9.87. The molecule has 1 atom stereocenters. The number of hydrogen-bond donors (Lipinski definition) is 2. The zero-order chi connectivity index (χ0) is 16.2. The van der Waals surface area contributed by atoms with E-state index >= 15 is 0 Å². The number of carbonyl (C=O) groups excluding carboxylic acids is 1. The summed E-state index contributed by atoms with van der Waals surface area (Å²) in [7, 11) is 0. The predicted molar refractivity (Wildman–Crippen MR) is 92.2 cm³/mol. The molecule has 0 aliphatic rings. The fourth-order valence-electron chi connectivity index (χ4n) is 2.34. The van der Waals surface area contributed by atoms with E-state index in [4.69, 9.17) is 0 Å². The number of aliphatic hydroxyl groups excluding tert-OH is 1. The number of nitrogens with one attached hydrogen (secondary N) is 1. The lowest BCUT2D eigenvalue weighted by Crippen LogP contribution is -2.36. The maximum absolute atomic E-state index is 12.0. The minimum Gasteiger partial charge on any atom is -0.393 e. The van der Waals surface area contributed by atoms with E-state index in [-0.39, 0.29) is 17.4 Å². The minimum absolute atomic E-state index is 0.0262. The smallest absolute Gasteiger partial charge is 0.226 e. The van der Waals surface area contributed by atoms with E-state index < -0.39 is 0 Å². The Morgan fingerprint density at radius 1 is 1.45 bits per heavy atom. The van der Waals surface area contributed by atoms with Crippen LogP contribution in [0.5, 0.6) is 0 Å². The van der Waals surface area contributed by atoms with Crippen molar-refractivity contribution < 1.29 is 9.90 Å². The van der Waals surface area contributed by atoms with E-state index in [2.05, 4.69) is 10.3 Å². The Kier molecular flexibility index (Phi) is 5.72. The number of carbonyl (C=O) groups is 1. The van der Waals surface area contributed by atoms with Crippen molar-refractivity contribution in [1.82, 2.24) is 10.3 Å². The van der Waals surface area contributed by atoms with E-state index in [0.29, 0.717) is 19.4 Å². The van der Waals surface area contributed by atoms with Crippen molar-refractivity contribution in [1.29, 1.82) is 0 Å². The first-order valence-electron chi connectivity index (χ1n) is 7.29. The van der Waals surface area contributed by atoms with E-state index in [1.54, 1.807) is 29.6 Å². The summed E-state index contributed by atoms with van der Waals surface area (Å²) < 4.78 is 0. The SMILES string of the molecule is CC(O)CC(C)(C)CNC(=O)Cc1csc(-c2cccs2)n1. The van der Waals surface area contributed by atoms with Gasteiger partial charge < -0.3 is 10.4 Å². The second-order valence-corrected chi connectivity index (χ2v) is 8.10. The van der Waals surface area contributed by atoms with Gasteiger partial charge in [0.25, 0.3) is 0 Å². The van der Waals surface area contributed by atoms with Gasteiger partial charge >= 0.3 is 0 Å². The average molecular weight is 338 g/mol. The molecule has 4 nitrogen and oxygen atoms in total. The number of hydrogen-bond acceptors (Lipinski definition) is 5. The van der Waals surface area contributed by atoms with E-state index in [1.165, 1.54) is 0 Å². The summed E-state index contributed by atoms with van der Waals surface area (Å²) in [6.45, 7) is 6.40. The highest BCUT2D eigenvalue weighted by molar-refractivity contribution is 7.20. The van der Waals surface area contributed by atoms with Crippen LogP contribution >= 0.6 is 22.7 Å². The molecule has 0 aliphatic heterocycles. The highest BCUT2D eigenvalue weighted by Gasteiger charge is 2.21. The Morgan fingerprint density at radius 2 is 2.23 bits per heavy atom. The number of nitrogens with zero attached hydrogens (tertiary/aromatic N) is 1. The van der Waals surface area contributed by atoms with Crippen LogP contribution in [0, 0.1) is 5.41 Å². The standard InChI is InChI=1S/C16H22N2O2S2/c1-11(19)8-16(2,3)10-17-14(20)7-12-9-22-15(18-12)13-5-4-6-21-13/h4-6,9,11,19H,7-8,10H2,1-3H3,(H,17,20). The van der Waals surface area contributed by atoms with Crippen LogP contribution in [0.3, 0.4) is 0 Å². The fourth-order valence-corrected chi connectivity index (χ4v) is 3.97. The molecule has 0 aliphatic carbocycles. The first-order valence-corrected chi connectivity index (χ1v) is 9.05. The van der Waals surface area contributed by atoms with Crippen LogP contribution in [0.2, 0.25) is 0 Å². The molecule has 0 radical (unpaired) electrons. The topological polar surface area (TPSA) is 62.2 Å². The van der Waals surface area contributed by atoms with Crippen LogP contribution < -0.4 is 5.32 Å². The van der Waals surface area contributed by atoms with Crippen molar-refractivity contribution >= 4 is 28.6 Å². The summed E-state index contributed by atoms with van der Waals surface area (Å²) in [5.74, 6) is -0.0262. The average Bonchev–Trinajstić information content (AvgIpc) is 3.05. The summed E-state index contributed by atoms with van der Waals surface area (Å²) in [4.78, 5) is 17.7. The lowest BCUT2D eigenvalue weighted by molar-refractivity contribution is -0.121. The van der Waals surface area contributed by atoms with Crippen molar-refractivity contribution in [3.8, 4) is 9.88 Å². The normalized spacial score (nSPS) is 13.1. The summed E-state index contributed by atoms with van der Waals surface area (Å²) in [6, 6.07) is 4.03. The van der Waals surface area contributed by atoms with E-state index in [9.17, 15) is 9.90 Å². The number of aromatic nitrogens is 1. The maximum atomic E-state index is 12.0. The van der Waals surface area contributed by atoms with Gasteiger partial charge in [0.1, 0.15) is 5.01 Å². The van der Waals surface area contributed by atoms with Gasteiger partial charge in [-0.15, -0.1) is 22.7 Å². The Balaban J connectivity index is 1.85. The third-order valence-electron chi connectivity index (χ3n) is 3.24. The molecule has 1 amide bonds. The molecule has 2 aromatic rings. The molecule has 2 rings (SSSR count). The highest BCUT2D eigenvalue weighted by atomic mass is 32.1. The number of thiophene rings is 1. The molecule has 1 unspecified atom stereocenters. The summed E-state index contributed by atoms with van der Waals surface area (Å²) in [6.07, 6.45) is 0.595. The van der Waals surface area contributed by atoms with Gasteiger partial charge in [-0.1, -0.05) is 19.9 Å². The van der Waals surface area contributed by atoms with Gasteiger partial charge in [-0.05, 0) is 30.2 Å². The molecule has 2 heterocycles. The zero-order valence-corrected chi connectivity index (χ0v) is 14.8. The van der Waals surface area contributed by atoms with Crippen molar-refractivity contribution in [3.05, 3.63) is 28.6 Å². The zero-order valence-electron chi connectivity index (χ0n) is 13.1. The van der Waals surface area contributed by atoms with E-state index in [1.807, 2.05) is 36.7 Å². The van der Waals surface area contributed by atoms with Crippen LogP contribution in [0.4, 0.5) is 0 Å². The summed E-state index contributed by atoms with van der Waals surface area (Å²) in [5.41, 5.74) is 0.688. The summed E-state index contributed by atoms with van der Waals surface area (Å²) in [5, 5.41) is 17.3. The van der Waals surface area contributed by atoms with Gasteiger partial charge in [-0.2, -0.15) is 0 Å². The molecule has 0 fully saturated rings. The van der Waals surface area contributed by atoms with Gasteiger partial charge in [0.2, 0.25) is 5.91 Å². The van der Waals surface area contributed by atoms with Crippen molar-refractivity contribution in [3.63, 3.8) is 0 Å². The van der Waals surface area contributed by atoms with Gasteiger partial charge in [-0.25, -0.2) is 4.98 Å². The molecule has 0 bridgehead atoms. The van der Waals surface area contributed by atoms with Gasteiger partial charge in [0.05, 0.1) is 23.1 Å². The molecule has 2 aromatic heterocycles. The van der Waals surface area contributed by atoms with Crippen LogP contribution in [-0.2, 0) is 11.2 Å². The second kappa shape index (κ2) is 7.35. The number of amides is 1. The van der Waals surface area contributed by atoms with Crippen LogP contribution in [0.15, 0.2) is 22.9 Å². The molecule has 6 heteroatoms. The quantitative estimate of drug-likeness (QED) is 0.814. The fraction of sp³-hybridized carbons (Fsp3) is 0.500. The predicted octanol–water partition coefficient (Wildman–Crippen LogP) is 3.33. The highest BCUT2D eigenvalue weighted by Crippen LogP contribution is 2.28.